The van der Waals surface area contributed by atoms with E-state index in [4.69, 9.17) is 22.1 Å². The maximum atomic E-state index is 13.2. The second-order valence-corrected chi connectivity index (χ2v) is 9.98. The van der Waals surface area contributed by atoms with Crippen LogP contribution in [0.5, 0.6) is 5.88 Å². The molecule has 3 N–H and O–H groups in total. The molecule has 2 aromatic carbocycles. The number of nitrogen functional groups attached to an aromatic ring is 1. The van der Waals surface area contributed by atoms with Crippen molar-refractivity contribution in [3.63, 3.8) is 0 Å². The highest BCUT2D eigenvalue weighted by molar-refractivity contribution is 7.88. The second-order valence-electron chi connectivity index (χ2n) is 7.74. The fourth-order valence-electron chi connectivity index (χ4n) is 3.54. The van der Waals surface area contributed by atoms with Gasteiger partial charge in [0.15, 0.2) is 0 Å². The van der Waals surface area contributed by atoms with Gasteiger partial charge in [0.1, 0.15) is 23.8 Å². The molecule has 0 bridgehead atoms. The first-order chi connectivity index (χ1) is 15.6. The number of hydrogen-bond donors (Lipinski definition) is 2. The van der Waals surface area contributed by atoms with Crippen molar-refractivity contribution in [3.05, 3.63) is 64.9 Å². The van der Waals surface area contributed by atoms with Crippen LogP contribution in [0.4, 0.5) is 11.5 Å². The van der Waals surface area contributed by atoms with E-state index in [0.29, 0.717) is 17.3 Å². The van der Waals surface area contributed by atoms with Crippen molar-refractivity contribution < 1.29 is 17.9 Å². The Morgan fingerprint density at radius 3 is 2.61 bits per heavy atom. The summed E-state index contributed by atoms with van der Waals surface area (Å²) in [6.45, 7) is 2.32. The molecule has 172 valence electrons. The number of anilines is 2. The Bertz CT molecular complexity index is 1310. The summed E-state index contributed by atoms with van der Waals surface area (Å²) in [7, 11) is -3.30. The quantitative estimate of drug-likeness (QED) is 0.566. The van der Waals surface area contributed by atoms with Crippen LogP contribution in [0, 0.1) is 0 Å². The Labute approximate surface area is 196 Å². The van der Waals surface area contributed by atoms with Gasteiger partial charge in [-0.3, -0.25) is 4.79 Å². The van der Waals surface area contributed by atoms with Gasteiger partial charge < -0.3 is 15.4 Å². The van der Waals surface area contributed by atoms with Gasteiger partial charge in [0, 0.05) is 22.8 Å². The molecular formula is C22H22ClN5O4S. The Morgan fingerprint density at radius 2 is 1.94 bits per heavy atom. The minimum absolute atomic E-state index is 0.0676. The summed E-state index contributed by atoms with van der Waals surface area (Å²) in [5.74, 6) is -0.0877. The Hall–Kier alpha value is -3.21. The van der Waals surface area contributed by atoms with E-state index < -0.39 is 10.0 Å². The number of nitrogens with two attached hydrogens (primary N) is 1. The van der Waals surface area contributed by atoms with Crippen molar-refractivity contribution in [1.82, 2.24) is 14.7 Å². The molecule has 11 heteroatoms. The summed E-state index contributed by atoms with van der Waals surface area (Å²) in [6.07, 6.45) is 2.07. The Morgan fingerprint density at radius 1 is 1.21 bits per heavy atom. The zero-order valence-electron chi connectivity index (χ0n) is 17.9. The molecule has 1 aromatic heterocycles. The van der Waals surface area contributed by atoms with Crippen LogP contribution in [0.15, 0.2) is 48.8 Å². The monoisotopic (exact) mass is 487 g/mol. The van der Waals surface area contributed by atoms with Crippen LogP contribution in [-0.2, 0) is 16.6 Å². The minimum atomic E-state index is -3.30. The molecule has 0 saturated heterocycles. The van der Waals surface area contributed by atoms with E-state index in [9.17, 15) is 13.2 Å². The van der Waals surface area contributed by atoms with Gasteiger partial charge in [0.25, 0.3) is 5.91 Å². The molecular weight excluding hydrogens is 466 g/mol. The average molecular weight is 488 g/mol. The molecule has 33 heavy (non-hydrogen) atoms. The van der Waals surface area contributed by atoms with E-state index >= 15 is 0 Å². The highest BCUT2D eigenvalue weighted by atomic mass is 35.5. The number of hydrogen-bond acceptors (Lipinski definition) is 7. The van der Waals surface area contributed by atoms with Gasteiger partial charge in [0.2, 0.25) is 15.9 Å². The molecule has 0 spiro atoms. The van der Waals surface area contributed by atoms with Gasteiger partial charge >= 0.3 is 0 Å². The molecule has 3 aromatic rings. The van der Waals surface area contributed by atoms with Crippen molar-refractivity contribution in [2.24, 2.45) is 0 Å². The molecule has 1 atom stereocenters. The number of nitrogens with zero attached hydrogens (tertiary/aromatic N) is 3. The number of benzene rings is 2. The van der Waals surface area contributed by atoms with E-state index in [2.05, 4.69) is 14.7 Å². The van der Waals surface area contributed by atoms with Crippen molar-refractivity contribution in [1.29, 1.82) is 0 Å². The fraction of sp³-hybridized carbons (Fsp3) is 0.227. The third-order valence-corrected chi connectivity index (χ3v) is 6.10. The van der Waals surface area contributed by atoms with Gasteiger partial charge in [-0.1, -0.05) is 35.9 Å². The predicted molar refractivity (Wildman–Crippen MR) is 127 cm³/mol. The Balaban J connectivity index is 1.60. The normalized spacial score (nSPS) is 16.2. The highest BCUT2D eigenvalue weighted by Gasteiger charge is 2.31. The molecule has 2 heterocycles. The van der Waals surface area contributed by atoms with Crippen LogP contribution in [-0.4, -0.2) is 43.2 Å². The lowest BCUT2D eigenvalue weighted by Crippen LogP contribution is -2.36. The number of carbonyl (C=O) groups excluding carboxylic acids is 1. The van der Waals surface area contributed by atoms with Crippen molar-refractivity contribution in [3.8, 4) is 17.0 Å². The first kappa shape index (κ1) is 23.0. The lowest BCUT2D eigenvalue weighted by atomic mass is 10.0. The number of rotatable bonds is 5. The number of fused-ring (bicyclic) bond motifs is 1. The van der Waals surface area contributed by atoms with E-state index in [1.54, 1.807) is 11.0 Å². The van der Waals surface area contributed by atoms with Gasteiger partial charge in [-0.15, -0.1) is 0 Å². The number of halogens is 1. The number of ether oxygens (including phenoxy) is 1. The predicted octanol–water partition coefficient (Wildman–Crippen LogP) is 2.86. The van der Waals surface area contributed by atoms with E-state index in [-0.39, 0.29) is 35.8 Å². The fourth-order valence-corrected chi connectivity index (χ4v) is 4.28. The zero-order chi connectivity index (χ0) is 23.8. The Kier molecular flexibility index (Phi) is 6.24. The van der Waals surface area contributed by atoms with E-state index in [1.807, 2.05) is 43.3 Å². The van der Waals surface area contributed by atoms with Gasteiger partial charge in [-0.25, -0.2) is 23.1 Å². The summed E-state index contributed by atoms with van der Waals surface area (Å²) >= 11 is 6.45. The van der Waals surface area contributed by atoms with Crippen LogP contribution in [0.3, 0.4) is 0 Å². The maximum absolute atomic E-state index is 13.2. The summed E-state index contributed by atoms with van der Waals surface area (Å²) in [6, 6.07) is 12.7. The van der Waals surface area contributed by atoms with Crippen LogP contribution >= 0.6 is 11.6 Å². The number of amides is 1. The lowest BCUT2D eigenvalue weighted by Gasteiger charge is -2.22. The van der Waals surface area contributed by atoms with Gasteiger partial charge in [-0.2, -0.15) is 0 Å². The topological polar surface area (TPSA) is 128 Å². The van der Waals surface area contributed by atoms with Crippen molar-refractivity contribution >= 4 is 39.0 Å². The van der Waals surface area contributed by atoms with Crippen molar-refractivity contribution in [2.45, 2.75) is 19.6 Å². The molecule has 9 nitrogen and oxygen atoms in total. The van der Waals surface area contributed by atoms with Gasteiger partial charge in [0.05, 0.1) is 12.8 Å². The first-order valence-corrected chi connectivity index (χ1v) is 12.3. The lowest BCUT2D eigenvalue weighted by molar-refractivity contribution is 0.0988. The molecule has 1 aliphatic rings. The molecule has 4 rings (SSSR count). The second kappa shape index (κ2) is 8.97. The standard InChI is InChI=1S/C22H22ClN5O4S/c1-13-11-28(22(29)19-20(24)25-12-26-21(19)32-13)16-6-4-15(5-7-16)17-8-3-14(9-18(17)23)10-27-33(2,30)31/h3-9,12-13,27H,10-11H2,1-2H3,(H2,24,25,26)/t13-/m1/s1. The van der Waals surface area contributed by atoms with Crippen LogP contribution in [0.25, 0.3) is 11.1 Å². The summed E-state index contributed by atoms with van der Waals surface area (Å²) in [5.41, 5.74) is 9.12. The zero-order valence-corrected chi connectivity index (χ0v) is 19.5. The molecule has 1 amide bonds. The maximum Gasteiger partial charge on any atom is 0.267 e. The number of nitrogens with one attached hydrogen (secondary N) is 1. The first-order valence-electron chi connectivity index (χ1n) is 10.0. The largest absolute Gasteiger partial charge is 0.472 e. The van der Waals surface area contributed by atoms with E-state index in [1.165, 1.54) is 6.33 Å². The summed E-state index contributed by atoms with van der Waals surface area (Å²) < 4.78 is 30.8. The third kappa shape index (κ3) is 5.08. The summed E-state index contributed by atoms with van der Waals surface area (Å²) in [4.78, 5) is 22.8. The average Bonchev–Trinajstić information content (AvgIpc) is 2.88. The molecule has 0 saturated carbocycles. The minimum Gasteiger partial charge on any atom is -0.472 e. The number of carbonyl (C=O) groups is 1. The molecule has 0 aliphatic carbocycles. The molecule has 0 unspecified atom stereocenters. The van der Waals surface area contributed by atoms with Crippen LogP contribution < -0.4 is 20.1 Å². The SMILES string of the molecule is C[C@@H]1CN(c2ccc(-c3ccc(CNS(C)(=O)=O)cc3Cl)cc2)C(=O)c2c(N)ncnc2O1. The molecule has 0 radical (unpaired) electrons. The smallest absolute Gasteiger partial charge is 0.267 e. The number of aromatic nitrogens is 2. The molecule has 1 aliphatic heterocycles. The van der Waals surface area contributed by atoms with E-state index in [0.717, 1.165) is 22.9 Å². The number of sulfonamides is 1. The van der Waals surface area contributed by atoms with Crippen molar-refractivity contribution in [2.75, 3.05) is 23.4 Å². The molecule has 0 fully saturated rings. The summed E-state index contributed by atoms with van der Waals surface area (Å²) in [5, 5.41) is 0.488. The van der Waals surface area contributed by atoms with Crippen LogP contribution in [0.2, 0.25) is 5.02 Å². The highest BCUT2D eigenvalue weighted by Crippen LogP contribution is 2.33. The van der Waals surface area contributed by atoms with Crippen LogP contribution in [0.1, 0.15) is 22.8 Å². The van der Waals surface area contributed by atoms with Gasteiger partial charge in [-0.05, 0) is 36.2 Å². The third-order valence-electron chi connectivity index (χ3n) is 5.12.